The number of nitrogens with zero attached hydrogens (tertiary/aromatic N) is 2. The molecule has 0 aromatic carbocycles. The SMILES string of the molecule is CNc1nc(OCCO)c2cc(C)sc2n1. The molecule has 0 amide bonds. The summed E-state index contributed by atoms with van der Waals surface area (Å²) in [5.41, 5.74) is 0. The van der Waals surface area contributed by atoms with Gasteiger partial charge in [-0.05, 0) is 13.0 Å². The number of ether oxygens (including phenoxy) is 1. The van der Waals surface area contributed by atoms with Crippen LogP contribution in [0.2, 0.25) is 0 Å². The van der Waals surface area contributed by atoms with Crippen molar-refractivity contribution in [3.63, 3.8) is 0 Å². The van der Waals surface area contributed by atoms with Gasteiger partial charge in [0.25, 0.3) is 0 Å². The topological polar surface area (TPSA) is 67.3 Å². The molecule has 16 heavy (non-hydrogen) atoms. The third kappa shape index (κ3) is 2.07. The van der Waals surface area contributed by atoms with E-state index < -0.39 is 0 Å². The fraction of sp³-hybridized carbons (Fsp3) is 0.400. The minimum Gasteiger partial charge on any atom is -0.475 e. The van der Waals surface area contributed by atoms with E-state index in [-0.39, 0.29) is 13.2 Å². The van der Waals surface area contributed by atoms with Gasteiger partial charge in [-0.25, -0.2) is 4.98 Å². The van der Waals surface area contributed by atoms with E-state index in [1.165, 1.54) is 0 Å². The number of aliphatic hydroxyl groups excluding tert-OH is 1. The van der Waals surface area contributed by atoms with Gasteiger partial charge in [0.05, 0.1) is 12.0 Å². The van der Waals surface area contributed by atoms with Crippen molar-refractivity contribution in [2.75, 3.05) is 25.6 Å². The van der Waals surface area contributed by atoms with E-state index in [2.05, 4.69) is 15.3 Å². The summed E-state index contributed by atoms with van der Waals surface area (Å²) < 4.78 is 5.39. The number of aliphatic hydroxyl groups is 1. The predicted octanol–water partition coefficient (Wildman–Crippen LogP) is 1.41. The molecule has 0 bridgehead atoms. The quantitative estimate of drug-likeness (QED) is 0.844. The van der Waals surface area contributed by atoms with Gasteiger partial charge in [-0.15, -0.1) is 11.3 Å². The van der Waals surface area contributed by atoms with Gasteiger partial charge in [0.1, 0.15) is 11.4 Å². The summed E-state index contributed by atoms with van der Waals surface area (Å²) in [6.45, 7) is 2.23. The molecule has 2 aromatic rings. The molecule has 0 fully saturated rings. The summed E-state index contributed by atoms with van der Waals surface area (Å²) >= 11 is 1.60. The van der Waals surface area contributed by atoms with Crippen molar-refractivity contribution in [1.82, 2.24) is 9.97 Å². The van der Waals surface area contributed by atoms with Gasteiger partial charge >= 0.3 is 0 Å². The molecule has 2 aromatic heterocycles. The van der Waals surface area contributed by atoms with Gasteiger partial charge in [0.15, 0.2) is 0 Å². The highest BCUT2D eigenvalue weighted by Gasteiger charge is 2.10. The van der Waals surface area contributed by atoms with Gasteiger partial charge in [-0.2, -0.15) is 4.98 Å². The van der Waals surface area contributed by atoms with E-state index in [0.29, 0.717) is 11.8 Å². The number of nitrogens with one attached hydrogen (secondary N) is 1. The summed E-state index contributed by atoms with van der Waals surface area (Å²) in [5, 5.41) is 12.5. The van der Waals surface area contributed by atoms with Crippen molar-refractivity contribution in [3.05, 3.63) is 10.9 Å². The Labute approximate surface area is 97.1 Å². The maximum atomic E-state index is 8.75. The minimum atomic E-state index is -0.0243. The molecule has 5 nitrogen and oxygen atoms in total. The lowest BCUT2D eigenvalue weighted by molar-refractivity contribution is 0.198. The molecule has 0 aliphatic heterocycles. The third-order valence-corrected chi connectivity index (χ3v) is 2.98. The number of hydrogen-bond donors (Lipinski definition) is 2. The third-order valence-electron chi connectivity index (χ3n) is 2.03. The van der Waals surface area contributed by atoms with Crippen LogP contribution in [0.25, 0.3) is 10.2 Å². The number of rotatable bonds is 4. The molecule has 0 saturated carbocycles. The highest BCUT2D eigenvalue weighted by Crippen LogP contribution is 2.30. The zero-order valence-corrected chi connectivity index (χ0v) is 9.97. The molecule has 0 aliphatic carbocycles. The van der Waals surface area contributed by atoms with E-state index >= 15 is 0 Å². The zero-order chi connectivity index (χ0) is 11.5. The summed E-state index contributed by atoms with van der Waals surface area (Å²) in [7, 11) is 1.76. The molecule has 86 valence electrons. The van der Waals surface area contributed by atoms with Gasteiger partial charge in [0, 0.05) is 11.9 Å². The predicted molar refractivity (Wildman–Crippen MR) is 64.3 cm³/mol. The lowest BCUT2D eigenvalue weighted by atomic mass is 10.3. The maximum Gasteiger partial charge on any atom is 0.227 e. The molecule has 0 unspecified atom stereocenters. The van der Waals surface area contributed by atoms with Crippen LogP contribution in [0.15, 0.2) is 6.07 Å². The average molecular weight is 239 g/mol. The lowest BCUT2D eigenvalue weighted by Crippen LogP contribution is -2.05. The Morgan fingerprint density at radius 3 is 3.00 bits per heavy atom. The first-order valence-electron chi connectivity index (χ1n) is 4.94. The molecule has 2 N–H and O–H groups in total. The second-order valence-electron chi connectivity index (χ2n) is 3.25. The average Bonchev–Trinajstić information content (AvgIpc) is 2.65. The number of aromatic nitrogens is 2. The second kappa shape index (κ2) is 4.63. The van der Waals surface area contributed by atoms with Crippen molar-refractivity contribution in [1.29, 1.82) is 0 Å². The second-order valence-corrected chi connectivity index (χ2v) is 4.49. The Hall–Kier alpha value is -1.40. The van der Waals surface area contributed by atoms with E-state index in [0.717, 1.165) is 15.1 Å². The molecule has 0 saturated heterocycles. The van der Waals surface area contributed by atoms with Crippen molar-refractivity contribution in [3.8, 4) is 5.88 Å². The van der Waals surface area contributed by atoms with Crippen molar-refractivity contribution >= 4 is 27.5 Å². The van der Waals surface area contributed by atoms with Crippen LogP contribution in [0.4, 0.5) is 5.95 Å². The molecular formula is C10H13N3O2S. The van der Waals surface area contributed by atoms with Crippen LogP contribution >= 0.6 is 11.3 Å². The number of thiophene rings is 1. The molecular weight excluding hydrogens is 226 g/mol. The zero-order valence-electron chi connectivity index (χ0n) is 9.15. The van der Waals surface area contributed by atoms with E-state index in [4.69, 9.17) is 9.84 Å². The Morgan fingerprint density at radius 1 is 1.50 bits per heavy atom. The summed E-state index contributed by atoms with van der Waals surface area (Å²) in [5.74, 6) is 1.05. The molecule has 0 radical (unpaired) electrons. The number of aryl methyl sites for hydroxylation is 1. The standard InChI is InChI=1S/C10H13N3O2S/c1-6-5-7-8(15-4-3-14)12-10(11-2)13-9(7)16-6/h5,14H,3-4H2,1-2H3,(H,11,12,13). The first-order valence-corrected chi connectivity index (χ1v) is 5.76. The monoisotopic (exact) mass is 239 g/mol. The Morgan fingerprint density at radius 2 is 2.31 bits per heavy atom. The highest BCUT2D eigenvalue weighted by atomic mass is 32.1. The van der Waals surface area contributed by atoms with Gasteiger partial charge in [-0.1, -0.05) is 0 Å². The van der Waals surface area contributed by atoms with Gasteiger partial charge in [0.2, 0.25) is 11.8 Å². The number of anilines is 1. The van der Waals surface area contributed by atoms with Crippen LogP contribution in [0.1, 0.15) is 4.88 Å². The first kappa shape index (κ1) is 11.1. The van der Waals surface area contributed by atoms with E-state index in [1.807, 2.05) is 13.0 Å². The smallest absolute Gasteiger partial charge is 0.227 e. The van der Waals surface area contributed by atoms with Gasteiger partial charge in [-0.3, -0.25) is 0 Å². The first-order chi connectivity index (χ1) is 7.74. The number of fused-ring (bicyclic) bond motifs is 1. The van der Waals surface area contributed by atoms with Crippen LogP contribution in [0, 0.1) is 6.92 Å². The van der Waals surface area contributed by atoms with E-state index in [9.17, 15) is 0 Å². The Balaban J connectivity index is 2.49. The lowest BCUT2D eigenvalue weighted by Gasteiger charge is -2.06. The normalized spacial score (nSPS) is 10.7. The molecule has 0 atom stereocenters. The Bertz CT molecular complexity index is 498. The maximum absolute atomic E-state index is 8.75. The molecule has 6 heteroatoms. The van der Waals surface area contributed by atoms with Crippen LogP contribution in [-0.4, -0.2) is 35.3 Å². The van der Waals surface area contributed by atoms with Crippen LogP contribution in [0.5, 0.6) is 5.88 Å². The molecule has 2 heterocycles. The highest BCUT2D eigenvalue weighted by molar-refractivity contribution is 7.18. The van der Waals surface area contributed by atoms with Crippen molar-refractivity contribution < 1.29 is 9.84 Å². The minimum absolute atomic E-state index is 0.0243. The van der Waals surface area contributed by atoms with Crippen molar-refractivity contribution in [2.24, 2.45) is 0 Å². The van der Waals surface area contributed by atoms with Gasteiger partial charge < -0.3 is 15.2 Å². The molecule has 0 aliphatic rings. The van der Waals surface area contributed by atoms with Crippen LogP contribution < -0.4 is 10.1 Å². The molecule has 0 spiro atoms. The fourth-order valence-electron chi connectivity index (χ4n) is 1.38. The van der Waals surface area contributed by atoms with Crippen molar-refractivity contribution in [2.45, 2.75) is 6.92 Å². The van der Waals surface area contributed by atoms with Crippen LogP contribution in [0.3, 0.4) is 0 Å². The summed E-state index contributed by atoms with van der Waals surface area (Å²) in [6.07, 6.45) is 0. The number of hydrogen-bond acceptors (Lipinski definition) is 6. The summed E-state index contributed by atoms with van der Waals surface area (Å²) in [6, 6.07) is 1.99. The fourth-order valence-corrected chi connectivity index (χ4v) is 2.25. The summed E-state index contributed by atoms with van der Waals surface area (Å²) in [4.78, 5) is 10.6. The molecule has 2 rings (SSSR count). The largest absolute Gasteiger partial charge is 0.475 e. The Kier molecular flexibility index (Phi) is 3.21. The van der Waals surface area contributed by atoms with Crippen LogP contribution in [-0.2, 0) is 0 Å². The van der Waals surface area contributed by atoms with E-state index in [1.54, 1.807) is 18.4 Å².